The number of Topliss-reactive ketones (excluding diaryl/α,β-unsaturated/α-hetero) is 2. The van der Waals surface area contributed by atoms with Gasteiger partial charge in [0.25, 0.3) is 6.47 Å². The fourth-order valence-electron chi connectivity index (χ4n) is 2.11. The van der Waals surface area contributed by atoms with Gasteiger partial charge in [0.1, 0.15) is 18.2 Å². The molecule has 0 aromatic carbocycles. The van der Waals surface area contributed by atoms with E-state index in [4.69, 9.17) is 20.1 Å². The Balaban J connectivity index is -0.0000000956. The van der Waals surface area contributed by atoms with E-state index in [0.717, 1.165) is 44.9 Å². The second-order valence-corrected chi connectivity index (χ2v) is 8.12. The molecule has 1 unspecified atom stereocenters. The lowest BCUT2D eigenvalue weighted by atomic mass is 10.1. The molecule has 0 aromatic heterocycles. The topological polar surface area (TPSA) is 182 Å². The summed E-state index contributed by atoms with van der Waals surface area (Å²) in [6.07, 6.45) is 7.84. The van der Waals surface area contributed by atoms with Gasteiger partial charge in [-0.2, -0.15) is 0 Å². The summed E-state index contributed by atoms with van der Waals surface area (Å²) in [7, 11) is 0. The van der Waals surface area contributed by atoms with E-state index in [1.54, 1.807) is 13.8 Å². The van der Waals surface area contributed by atoms with Crippen LogP contribution < -0.4 is 0 Å². The number of hydrogen-bond acceptors (Lipinski definition) is 8. The lowest BCUT2D eigenvalue weighted by Gasteiger charge is -1.99. The van der Waals surface area contributed by atoms with E-state index in [1.807, 2.05) is 13.8 Å². The van der Waals surface area contributed by atoms with Gasteiger partial charge in [-0.3, -0.25) is 19.2 Å². The first-order chi connectivity index (χ1) is 17.3. The summed E-state index contributed by atoms with van der Waals surface area (Å²) in [6, 6.07) is 0. The molecule has 0 radical (unpaired) electrons. The van der Waals surface area contributed by atoms with Crippen molar-refractivity contribution in [2.24, 2.45) is 5.92 Å². The number of carbonyl (C=O) groups is 6. The van der Waals surface area contributed by atoms with Crippen molar-refractivity contribution in [1.29, 1.82) is 0 Å². The van der Waals surface area contributed by atoms with Crippen LogP contribution in [0.4, 0.5) is 0 Å². The predicted molar refractivity (Wildman–Crippen MR) is 152 cm³/mol. The van der Waals surface area contributed by atoms with Crippen molar-refractivity contribution in [3.8, 4) is 0 Å². The minimum Gasteiger partial charge on any atom is -0.481 e. The molecule has 0 aliphatic carbocycles. The zero-order valence-corrected chi connectivity index (χ0v) is 23.2. The van der Waals surface area contributed by atoms with Crippen LogP contribution in [0.25, 0.3) is 0 Å². The number of rotatable bonds is 19. The summed E-state index contributed by atoms with van der Waals surface area (Å²) in [5, 5.41) is 24.6. The normalized spacial score (nSPS) is 9.56. The van der Waals surface area contributed by atoms with Crippen LogP contribution >= 0.6 is 0 Å². The number of unbranched alkanes of at least 4 members (excludes halogenated alkanes) is 5. The van der Waals surface area contributed by atoms with Crippen molar-refractivity contribution in [2.75, 3.05) is 19.8 Å². The van der Waals surface area contributed by atoms with E-state index in [-0.39, 0.29) is 51.6 Å². The highest BCUT2D eigenvalue weighted by molar-refractivity contribution is 5.80. The lowest BCUT2D eigenvalue weighted by Crippen LogP contribution is -2.06. The molecule has 3 N–H and O–H groups in total. The summed E-state index contributed by atoms with van der Waals surface area (Å²) in [4.78, 5) is 60.0. The highest BCUT2D eigenvalue weighted by Crippen LogP contribution is 2.08. The molecule has 234 valence electrons. The second-order valence-electron chi connectivity index (χ2n) is 8.12. The van der Waals surface area contributed by atoms with Crippen molar-refractivity contribution in [3.05, 3.63) is 0 Å². The maximum atomic E-state index is 10.6. The molecule has 0 heterocycles. The van der Waals surface area contributed by atoms with Gasteiger partial charge < -0.3 is 34.4 Å². The average Bonchev–Trinajstić information content (AvgIpc) is 2.82. The molecule has 0 bridgehead atoms. The first-order valence-corrected chi connectivity index (χ1v) is 12.6. The van der Waals surface area contributed by atoms with Crippen molar-refractivity contribution in [3.63, 3.8) is 0 Å². The Morgan fingerprint density at radius 2 is 1.13 bits per heavy atom. The summed E-state index contributed by atoms with van der Waals surface area (Å²) in [5.74, 6) is -2.33. The van der Waals surface area contributed by atoms with Crippen LogP contribution in [0.3, 0.4) is 0 Å². The van der Waals surface area contributed by atoms with Crippen LogP contribution in [0.2, 0.25) is 0 Å². The Labute approximate surface area is 235 Å². The third-order valence-electron chi connectivity index (χ3n) is 4.51. The Kier molecular flexibility index (Phi) is 50.0. The smallest absolute Gasteiger partial charge is 0.306 e. The Hall–Kier alpha value is -2.82. The van der Waals surface area contributed by atoms with Crippen molar-refractivity contribution >= 4 is 35.9 Å². The van der Waals surface area contributed by atoms with Crippen molar-refractivity contribution in [2.45, 2.75) is 120 Å². The third-order valence-corrected chi connectivity index (χ3v) is 4.51. The summed E-state index contributed by atoms with van der Waals surface area (Å²) in [6.45, 7) is 10.4. The fraction of sp³-hybridized carbons (Fsp3) is 0.786. The molecule has 0 amide bonds. The number of aliphatic carboxylic acids is 3. The lowest BCUT2D eigenvalue weighted by molar-refractivity contribution is -0.141. The molecule has 0 saturated carbocycles. The standard InChI is InChI=1S/C11H20O3.C5H8O3.C5H10O3.C5H10O2.2CH4/c1-10(12)8-6-4-2-3-5-7-9-11(13)14;1-4(6)2-3-5(7)8;1-2-7-3-4-8-5-6;1-3-4(2)5(6)7;;/h2-9H2,1H3,(H,13,14);2-3H2,1H3,(H,7,8);5H,2-4H2,1H3;4H,3H2,1-2H3,(H,6,7);2*1H4. The molecule has 0 saturated heterocycles. The minimum absolute atomic E-state index is 0. The van der Waals surface area contributed by atoms with Gasteiger partial charge in [0, 0.05) is 25.9 Å². The first-order valence-electron chi connectivity index (χ1n) is 12.6. The quantitative estimate of drug-likeness (QED) is 0.126. The number of carboxylic acid groups (broad SMARTS) is 3. The zero-order chi connectivity index (χ0) is 29.5. The van der Waals surface area contributed by atoms with Crippen LogP contribution in [0.1, 0.15) is 120 Å². The number of ether oxygens (including phenoxy) is 2. The van der Waals surface area contributed by atoms with Gasteiger partial charge >= 0.3 is 17.9 Å². The Morgan fingerprint density at radius 3 is 1.41 bits per heavy atom. The van der Waals surface area contributed by atoms with E-state index >= 15 is 0 Å². The highest BCUT2D eigenvalue weighted by atomic mass is 16.5. The molecular formula is C28H56O11. The molecule has 39 heavy (non-hydrogen) atoms. The maximum absolute atomic E-state index is 10.6. The van der Waals surface area contributed by atoms with Crippen LogP contribution in [0.15, 0.2) is 0 Å². The monoisotopic (exact) mass is 568 g/mol. The van der Waals surface area contributed by atoms with Crippen molar-refractivity contribution in [1.82, 2.24) is 0 Å². The van der Waals surface area contributed by atoms with Gasteiger partial charge in [-0.1, -0.05) is 54.4 Å². The SMILES string of the molecule is C.C.CC(=O)CCC(=O)O.CC(=O)CCCCCCCCC(=O)O.CCC(C)C(=O)O.CCOCCOC=O. The molecule has 0 aromatic rings. The molecule has 1 atom stereocenters. The van der Waals surface area contributed by atoms with Gasteiger partial charge in [-0.05, 0) is 40.0 Å². The second kappa shape index (κ2) is 39.7. The van der Waals surface area contributed by atoms with E-state index in [0.29, 0.717) is 32.7 Å². The third kappa shape index (κ3) is 66.2. The molecule has 11 heteroatoms. The summed E-state index contributed by atoms with van der Waals surface area (Å²) >= 11 is 0. The van der Waals surface area contributed by atoms with Crippen LogP contribution in [-0.2, 0) is 38.2 Å². The van der Waals surface area contributed by atoms with Crippen LogP contribution in [0, 0.1) is 5.92 Å². The van der Waals surface area contributed by atoms with Gasteiger partial charge in [-0.15, -0.1) is 0 Å². The summed E-state index contributed by atoms with van der Waals surface area (Å²) in [5.41, 5.74) is 0. The Morgan fingerprint density at radius 1 is 0.692 bits per heavy atom. The minimum atomic E-state index is -0.916. The first kappa shape index (κ1) is 49.2. The number of ketones is 2. The average molecular weight is 569 g/mol. The molecular weight excluding hydrogens is 512 g/mol. The van der Waals surface area contributed by atoms with Gasteiger partial charge in [0.15, 0.2) is 0 Å². The van der Waals surface area contributed by atoms with Crippen LogP contribution in [0.5, 0.6) is 0 Å². The highest BCUT2D eigenvalue weighted by Gasteiger charge is 2.05. The van der Waals surface area contributed by atoms with Gasteiger partial charge in [0.2, 0.25) is 0 Å². The number of hydrogen-bond donors (Lipinski definition) is 3. The molecule has 0 aliphatic heterocycles. The van der Waals surface area contributed by atoms with Gasteiger partial charge in [0.05, 0.1) is 18.9 Å². The molecule has 0 rings (SSSR count). The van der Waals surface area contributed by atoms with E-state index in [1.165, 1.54) is 6.92 Å². The molecule has 0 spiro atoms. The zero-order valence-electron chi connectivity index (χ0n) is 23.2. The number of carbonyl (C=O) groups excluding carboxylic acids is 3. The number of carboxylic acids is 3. The van der Waals surface area contributed by atoms with Crippen LogP contribution in [-0.4, -0.2) is 71.1 Å². The van der Waals surface area contributed by atoms with E-state index < -0.39 is 17.9 Å². The molecule has 0 fully saturated rings. The van der Waals surface area contributed by atoms with Gasteiger partial charge in [-0.25, -0.2) is 0 Å². The Bertz CT molecular complexity index is 570. The van der Waals surface area contributed by atoms with Crippen molar-refractivity contribution < 1.29 is 53.6 Å². The maximum Gasteiger partial charge on any atom is 0.306 e. The molecule has 0 aliphatic rings. The largest absolute Gasteiger partial charge is 0.481 e. The predicted octanol–water partition coefficient (Wildman–Crippen LogP) is 5.81. The fourth-order valence-corrected chi connectivity index (χ4v) is 2.11. The van der Waals surface area contributed by atoms with E-state index in [2.05, 4.69) is 4.74 Å². The summed E-state index contributed by atoms with van der Waals surface area (Å²) < 4.78 is 9.18. The molecule has 11 nitrogen and oxygen atoms in total. The van der Waals surface area contributed by atoms with E-state index in [9.17, 15) is 28.8 Å².